The van der Waals surface area contributed by atoms with Gasteiger partial charge in [0, 0.05) is 4.88 Å². The molecule has 3 nitrogen and oxygen atoms in total. The summed E-state index contributed by atoms with van der Waals surface area (Å²) in [7, 11) is 0. The molecule has 0 bridgehead atoms. The Kier molecular flexibility index (Phi) is 2.14. The van der Waals surface area contributed by atoms with Crippen molar-refractivity contribution in [3.63, 3.8) is 0 Å². The largest absolute Gasteiger partial charge is 0.383 e. The Morgan fingerprint density at radius 3 is 3.00 bits per heavy atom. The molecular weight excluding hydrogens is 182 g/mol. The molecule has 0 amide bonds. The Morgan fingerprint density at radius 1 is 1.46 bits per heavy atom. The van der Waals surface area contributed by atoms with Crippen LogP contribution >= 0.6 is 11.3 Å². The number of H-pyrrole nitrogens is 1. The van der Waals surface area contributed by atoms with Crippen LogP contribution in [-0.2, 0) is 0 Å². The van der Waals surface area contributed by atoms with Crippen molar-refractivity contribution in [1.82, 2.24) is 9.97 Å². The quantitative estimate of drug-likeness (QED) is 0.764. The van der Waals surface area contributed by atoms with Crippen LogP contribution in [0.15, 0.2) is 23.8 Å². The van der Waals surface area contributed by atoms with Gasteiger partial charge in [0.2, 0.25) is 0 Å². The molecule has 2 aromatic heterocycles. The lowest BCUT2D eigenvalue weighted by molar-refractivity contribution is 1.31. The molecule has 0 aromatic carbocycles. The third kappa shape index (κ3) is 1.78. The summed E-state index contributed by atoms with van der Waals surface area (Å²) in [6.07, 6.45) is 5.48. The molecule has 0 atom stereocenters. The zero-order chi connectivity index (χ0) is 9.10. The molecule has 0 aliphatic carbocycles. The number of hydrogen-bond donors (Lipinski definition) is 2. The van der Waals surface area contributed by atoms with Gasteiger partial charge in [-0.3, -0.25) is 0 Å². The highest BCUT2D eigenvalue weighted by atomic mass is 32.1. The maximum absolute atomic E-state index is 5.61. The first-order valence-electron chi connectivity index (χ1n) is 3.87. The molecule has 66 valence electrons. The Morgan fingerprint density at radius 2 is 2.38 bits per heavy atom. The fourth-order valence-electron chi connectivity index (χ4n) is 0.995. The second-order valence-electron chi connectivity index (χ2n) is 2.55. The predicted molar refractivity (Wildman–Crippen MR) is 56.2 cm³/mol. The molecule has 2 rings (SSSR count). The minimum atomic E-state index is 0.604. The van der Waals surface area contributed by atoms with Crippen molar-refractivity contribution in [2.24, 2.45) is 0 Å². The number of nitrogens with one attached hydrogen (secondary N) is 1. The molecule has 3 N–H and O–H groups in total. The molecule has 0 unspecified atom stereocenters. The van der Waals surface area contributed by atoms with Gasteiger partial charge < -0.3 is 10.7 Å². The summed E-state index contributed by atoms with van der Waals surface area (Å²) in [6, 6.07) is 4.06. The smallest absolute Gasteiger partial charge is 0.128 e. The highest BCUT2D eigenvalue weighted by molar-refractivity contribution is 7.10. The summed E-state index contributed by atoms with van der Waals surface area (Å²) in [4.78, 5) is 8.07. The molecule has 0 spiro atoms. The fraction of sp³-hybridized carbons (Fsp3) is 0. The summed E-state index contributed by atoms with van der Waals surface area (Å²) < 4.78 is 0. The van der Waals surface area contributed by atoms with Crippen LogP contribution in [0.1, 0.15) is 10.6 Å². The molecule has 0 aliphatic heterocycles. The zero-order valence-electron chi connectivity index (χ0n) is 6.90. The Bertz CT molecular complexity index is 400. The van der Waals surface area contributed by atoms with Crippen LogP contribution < -0.4 is 5.73 Å². The van der Waals surface area contributed by atoms with Crippen LogP contribution in [0.2, 0.25) is 0 Å². The first-order chi connectivity index (χ1) is 6.36. The van der Waals surface area contributed by atoms with Gasteiger partial charge in [-0.15, -0.1) is 11.3 Å². The normalized spacial score (nSPS) is 11.1. The van der Waals surface area contributed by atoms with Gasteiger partial charge in [0.15, 0.2) is 0 Å². The van der Waals surface area contributed by atoms with E-state index in [4.69, 9.17) is 5.73 Å². The van der Waals surface area contributed by atoms with Gasteiger partial charge in [0.25, 0.3) is 0 Å². The van der Waals surface area contributed by atoms with E-state index in [1.807, 2.05) is 29.7 Å². The number of nitrogen functional groups attached to an aromatic ring is 1. The van der Waals surface area contributed by atoms with Gasteiger partial charge in [-0.1, -0.05) is 6.07 Å². The number of imidazole rings is 1. The molecule has 0 saturated carbocycles. The second-order valence-corrected chi connectivity index (χ2v) is 3.53. The number of nitrogens with zero attached hydrogens (tertiary/aromatic N) is 1. The lowest BCUT2D eigenvalue weighted by Gasteiger charge is -1.86. The Balaban J connectivity index is 2.19. The van der Waals surface area contributed by atoms with E-state index in [1.54, 1.807) is 17.7 Å². The van der Waals surface area contributed by atoms with E-state index in [1.165, 1.54) is 4.88 Å². The summed E-state index contributed by atoms with van der Waals surface area (Å²) in [5, 5.41) is 2.04. The van der Waals surface area contributed by atoms with Crippen molar-refractivity contribution in [1.29, 1.82) is 0 Å². The molecule has 0 saturated heterocycles. The van der Waals surface area contributed by atoms with Crippen molar-refractivity contribution >= 4 is 29.3 Å². The minimum absolute atomic E-state index is 0.604. The van der Waals surface area contributed by atoms with Crippen LogP contribution in [-0.4, -0.2) is 9.97 Å². The topological polar surface area (TPSA) is 54.7 Å². The number of nitrogens with two attached hydrogens (primary N) is 1. The van der Waals surface area contributed by atoms with Gasteiger partial charge >= 0.3 is 0 Å². The lowest BCUT2D eigenvalue weighted by Crippen LogP contribution is -1.86. The number of thiophene rings is 1. The molecule has 0 fully saturated rings. The Labute approximate surface area is 79.9 Å². The van der Waals surface area contributed by atoms with Gasteiger partial charge in [0.05, 0.1) is 6.33 Å². The number of rotatable bonds is 2. The van der Waals surface area contributed by atoms with Crippen molar-refractivity contribution < 1.29 is 0 Å². The second kappa shape index (κ2) is 3.45. The van der Waals surface area contributed by atoms with Crippen LogP contribution in [0.4, 0.5) is 5.82 Å². The number of aromatic amines is 1. The van der Waals surface area contributed by atoms with Crippen LogP contribution in [0.3, 0.4) is 0 Å². The molecule has 4 heteroatoms. The Hall–Kier alpha value is -1.55. The van der Waals surface area contributed by atoms with Crippen LogP contribution in [0.5, 0.6) is 0 Å². The molecular formula is C9H9N3S. The third-order valence-electron chi connectivity index (χ3n) is 1.65. The minimum Gasteiger partial charge on any atom is -0.383 e. The molecule has 0 aliphatic rings. The lowest BCUT2D eigenvalue weighted by atomic mass is 10.3. The zero-order valence-corrected chi connectivity index (χ0v) is 7.71. The molecule has 2 aromatic rings. The summed E-state index contributed by atoms with van der Waals surface area (Å²) in [6.45, 7) is 0. The SMILES string of the molecule is Nc1[nH]cnc1C=Cc1cccs1. The maximum atomic E-state index is 5.61. The van der Waals surface area contributed by atoms with Crippen molar-refractivity contribution in [2.75, 3.05) is 5.73 Å². The van der Waals surface area contributed by atoms with Gasteiger partial charge in [-0.25, -0.2) is 4.98 Å². The summed E-state index contributed by atoms with van der Waals surface area (Å²) >= 11 is 1.69. The highest BCUT2D eigenvalue weighted by Crippen LogP contribution is 2.14. The first-order valence-corrected chi connectivity index (χ1v) is 4.74. The number of hydrogen-bond acceptors (Lipinski definition) is 3. The van der Waals surface area contributed by atoms with E-state index in [0.717, 1.165) is 5.69 Å². The summed E-state index contributed by atoms with van der Waals surface area (Å²) in [5.41, 5.74) is 6.40. The van der Waals surface area contributed by atoms with Gasteiger partial charge in [-0.2, -0.15) is 0 Å². The van der Waals surface area contributed by atoms with Gasteiger partial charge in [-0.05, 0) is 23.6 Å². The van der Waals surface area contributed by atoms with Gasteiger partial charge in [0.1, 0.15) is 11.5 Å². The van der Waals surface area contributed by atoms with E-state index in [0.29, 0.717) is 5.82 Å². The molecule has 0 radical (unpaired) electrons. The van der Waals surface area contributed by atoms with E-state index < -0.39 is 0 Å². The first kappa shape index (κ1) is 8.07. The van der Waals surface area contributed by atoms with E-state index in [2.05, 4.69) is 9.97 Å². The monoisotopic (exact) mass is 191 g/mol. The van der Waals surface area contributed by atoms with Crippen molar-refractivity contribution in [3.8, 4) is 0 Å². The molecule has 2 heterocycles. The predicted octanol–water partition coefficient (Wildman–Crippen LogP) is 2.22. The summed E-state index contributed by atoms with van der Waals surface area (Å²) in [5.74, 6) is 0.604. The van der Waals surface area contributed by atoms with Crippen LogP contribution in [0, 0.1) is 0 Å². The average molecular weight is 191 g/mol. The maximum Gasteiger partial charge on any atom is 0.128 e. The number of aromatic nitrogens is 2. The third-order valence-corrected chi connectivity index (χ3v) is 2.49. The van der Waals surface area contributed by atoms with E-state index in [-0.39, 0.29) is 0 Å². The fourth-order valence-corrected chi connectivity index (χ4v) is 1.61. The number of anilines is 1. The van der Waals surface area contributed by atoms with Crippen LogP contribution in [0.25, 0.3) is 12.2 Å². The van der Waals surface area contributed by atoms with E-state index in [9.17, 15) is 0 Å². The average Bonchev–Trinajstić information content (AvgIpc) is 2.72. The van der Waals surface area contributed by atoms with Crippen molar-refractivity contribution in [3.05, 3.63) is 34.4 Å². The highest BCUT2D eigenvalue weighted by Gasteiger charge is 1.95. The molecule has 13 heavy (non-hydrogen) atoms. The van der Waals surface area contributed by atoms with Crippen molar-refractivity contribution in [2.45, 2.75) is 0 Å². The standard InChI is InChI=1S/C9H9N3S/c10-9-8(11-6-12-9)4-3-7-2-1-5-13-7/h1-6H,10H2,(H,11,12). The van der Waals surface area contributed by atoms with E-state index >= 15 is 0 Å².